The summed E-state index contributed by atoms with van der Waals surface area (Å²) in [4.78, 5) is 13.8. The lowest BCUT2D eigenvalue weighted by molar-refractivity contribution is -0.143. The number of hydrogen-bond acceptors (Lipinski definition) is 5. The van der Waals surface area contributed by atoms with Crippen LogP contribution in [0.25, 0.3) is 0 Å². The van der Waals surface area contributed by atoms with Crippen molar-refractivity contribution in [2.75, 3.05) is 26.2 Å². The van der Waals surface area contributed by atoms with Crippen LogP contribution in [0.3, 0.4) is 0 Å². The smallest absolute Gasteiger partial charge is 0.335 e. The number of rotatable bonds is 3. The molecule has 3 heterocycles. The molecule has 1 amide bonds. The van der Waals surface area contributed by atoms with Crippen LogP contribution in [0.5, 0.6) is 0 Å². The molecule has 1 fully saturated rings. The Kier molecular flexibility index (Phi) is 5.18. The number of aromatic nitrogens is 4. The maximum atomic E-state index is 13.0. The van der Waals surface area contributed by atoms with Gasteiger partial charge in [-0.1, -0.05) is 11.6 Å². The monoisotopic (exact) mass is 440 g/mol. The Bertz CT molecular complexity index is 1010. The quantitative estimate of drug-likeness (QED) is 0.709. The first kappa shape index (κ1) is 20.6. The fourth-order valence-corrected chi connectivity index (χ4v) is 4.66. The van der Waals surface area contributed by atoms with Gasteiger partial charge >= 0.3 is 6.18 Å². The molecule has 3 rings (SSSR count). The van der Waals surface area contributed by atoms with E-state index in [9.17, 15) is 26.4 Å². The minimum Gasteiger partial charge on any atom is -0.335 e. The molecule has 28 heavy (non-hydrogen) atoms. The summed E-state index contributed by atoms with van der Waals surface area (Å²) in [6.45, 7) is -0.0434. The summed E-state index contributed by atoms with van der Waals surface area (Å²) in [6, 6.07) is 0. The van der Waals surface area contributed by atoms with Crippen molar-refractivity contribution in [1.82, 2.24) is 28.8 Å². The van der Waals surface area contributed by atoms with Gasteiger partial charge in [-0.3, -0.25) is 14.2 Å². The Hall–Kier alpha value is -2.12. The highest BCUT2D eigenvalue weighted by Gasteiger charge is 2.41. The normalized spacial score (nSPS) is 16.6. The maximum Gasteiger partial charge on any atom is 0.434 e. The third-order valence-corrected chi connectivity index (χ3v) is 6.51. The zero-order chi connectivity index (χ0) is 20.9. The Labute approximate surface area is 163 Å². The largest absolute Gasteiger partial charge is 0.434 e. The number of carbonyl (C=O) groups excluding carboxylic acids is 1. The minimum absolute atomic E-state index is 0.00736. The molecule has 1 saturated heterocycles. The minimum atomic E-state index is -4.76. The summed E-state index contributed by atoms with van der Waals surface area (Å²) in [6.07, 6.45) is -2.17. The van der Waals surface area contributed by atoms with Crippen molar-refractivity contribution in [3.05, 3.63) is 28.8 Å². The molecule has 9 nitrogen and oxygen atoms in total. The molecular weight excluding hydrogens is 425 g/mol. The maximum absolute atomic E-state index is 13.0. The van der Waals surface area contributed by atoms with Gasteiger partial charge in [-0.05, 0) is 0 Å². The highest BCUT2D eigenvalue weighted by Crippen LogP contribution is 2.36. The van der Waals surface area contributed by atoms with Crippen molar-refractivity contribution >= 4 is 27.5 Å². The van der Waals surface area contributed by atoms with Crippen molar-refractivity contribution in [3.8, 4) is 0 Å². The van der Waals surface area contributed by atoms with E-state index in [2.05, 4.69) is 10.2 Å². The van der Waals surface area contributed by atoms with Gasteiger partial charge in [0.2, 0.25) is 10.0 Å². The Morgan fingerprint density at radius 3 is 2.25 bits per heavy atom. The fraction of sp³-hybridized carbons (Fsp3) is 0.500. The van der Waals surface area contributed by atoms with Gasteiger partial charge in [0.05, 0.1) is 6.20 Å². The van der Waals surface area contributed by atoms with Crippen LogP contribution in [0.2, 0.25) is 5.02 Å². The summed E-state index contributed by atoms with van der Waals surface area (Å²) >= 11 is 5.75. The number of hydrogen-bond donors (Lipinski definition) is 0. The number of amides is 1. The average Bonchev–Trinajstić information content (AvgIpc) is 3.17. The van der Waals surface area contributed by atoms with Crippen molar-refractivity contribution < 1.29 is 26.4 Å². The van der Waals surface area contributed by atoms with Gasteiger partial charge in [-0.15, -0.1) is 0 Å². The molecule has 1 aliphatic heterocycles. The number of halogens is 4. The van der Waals surface area contributed by atoms with Gasteiger partial charge in [0.1, 0.15) is 9.92 Å². The highest BCUT2D eigenvalue weighted by molar-refractivity contribution is 7.89. The van der Waals surface area contributed by atoms with E-state index in [0.717, 1.165) is 7.05 Å². The summed E-state index contributed by atoms with van der Waals surface area (Å²) < 4.78 is 67.3. The topological polar surface area (TPSA) is 93.3 Å². The number of sulfonamides is 1. The van der Waals surface area contributed by atoms with Gasteiger partial charge in [-0.2, -0.15) is 27.7 Å². The molecule has 2 aromatic heterocycles. The first-order valence-electron chi connectivity index (χ1n) is 8.00. The second kappa shape index (κ2) is 7.04. The first-order valence-corrected chi connectivity index (χ1v) is 9.82. The molecule has 0 unspecified atom stereocenters. The molecule has 0 N–H and O–H groups in total. The predicted molar refractivity (Wildman–Crippen MR) is 91.1 cm³/mol. The van der Waals surface area contributed by atoms with Gasteiger partial charge < -0.3 is 4.90 Å². The van der Waals surface area contributed by atoms with Gasteiger partial charge in [-0.25, -0.2) is 8.42 Å². The van der Waals surface area contributed by atoms with E-state index in [-0.39, 0.29) is 31.1 Å². The molecule has 0 spiro atoms. The number of alkyl halides is 3. The lowest BCUT2D eigenvalue weighted by atomic mass is 10.2. The van der Waals surface area contributed by atoms with Crippen LogP contribution < -0.4 is 0 Å². The predicted octanol–water partition coefficient (Wildman–Crippen LogP) is 0.973. The second-order valence-corrected chi connectivity index (χ2v) is 8.49. The molecule has 154 valence electrons. The number of nitrogens with zero attached hydrogens (tertiary/aromatic N) is 6. The molecule has 0 bridgehead atoms. The molecule has 14 heteroatoms. The van der Waals surface area contributed by atoms with Gasteiger partial charge in [0.15, 0.2) is 11.4 Å². The molecule has 0 atom stereocenters. The van der Waals surface area contributed by atoms with Crippen molar-refractivity contribution in [3.63, 3.8) is 0 Å². The van der Waals surface area contributed by atoms with E-state index in [1.165, 1.54) is 26.3 Å². The van der Waals surface area contributed by atoms with Crippen LogP contribution in [0.1, 0.15) is 16.2 Å². The van der Waals surface area contributed by atoms with Crippen molar-refractivity contribution in [2.24, 2.45) is 14.1 Å². The third-order valence-electron chi connectivity index (χ3n) is 4.31. The van der Waals surface area contributed by atoms with Crippen LogP contribution in [0.4, 0.5) is 13.2 Å². The SMILES string of the molecule is Cn1cc(S(=O)(=O)N2CCN(C(=O)c3nn(C)c(C(F)(F)F)c3Cl)CC2)cn1. The first-order chi connectivity index (χ1) is 12.9. The number of carbonyl (C=O) groups is 1. The summed E-state index contributed by atoms with van der Waals surface area (Å²) in [5.74, 6) is -0.783. The van der Waals surface area contributed by atoms with Gasteiger partial charge in [0.25, 0.3) is 5.91 Å². The van der Waals surface area contributed by atoms with Crippen LogP contribution in [0, 0.1) is 0 Å². The van der Waals surface area contributed by atoms with Crippen LogP contribution in [0.15, 0.2) is 17.3 Å². The van der Waals surface area contributed by atoms with E-state index in [1.807, 2.05) is 0 Å². The van der Waals surface area contributed by atoms with Crippen molar-refractivity contribution in [1.29, 1.82) is 0 Å². The lowest BCUT2D eigenvalue weighted by Crippen LogP contribution is -2.50. The standard InChI is InChI=1S/C14H16ClF3N6O3S/c1-21-8-9(7-19-21)28(26,27)24-5-3-23(4-6-24)13(25)11-10(15)12(14(16,17)18)22(2)20-11/h7-8H,3-6H2,1-2H3. The molecular formula is C14H16ClF3N6O3S. The van der Waals surface area contributed by atoms with E-state index in [0.29, 0.717) is 4.68 Å². The summed E-state index contributed by atoms with van der Waals surface area (Å²) in [5.41, 5.74) is -1.73. The zero-order valence-electron chi connectivity index (χ0n) is 14.8. The second-order valence-electron chi connectivity index (χ2n) is 6.18. The van der Waals surface area contributed by atoms with Crippen LogP contribution in [-0.4, -0.2) is 69.3 Å². The van der Waals surface area contributed by atoms with Gasteiger partial charge in [0, 0.05) is 46.5 Å². The average molecular weight is 441 g/mol. The van der Waals surface area contributed by atoms with Crippen LogP contribution in [-0.2, 0) is 30.3 Å². The Balaban J connectivity index is 1.75. The third kappa shape index (κ3) is 3.61. The molecule has 0 radical (unpaired) electrons. The fourth-order valence-electron chi connectivity index (χ4n) is 2.91. The Morgan fingerprint density at radius 2 is 1.79 bits per heavy atom. The molecule has 1 aliphatic rings. The molecule has 0 saturated carbocycles. The lowest BCUT2D eigenvalue weighted by Gasteiger charge is -2.33. The van der Waals surface area contributed by atoms with Crippen molar-refractivity contribution in [2.45, 2.75) is 11.1 Å². The molecule has 0 aliphatic carbocycles. The number of piperazine rings is 1. The summed E-state index contributed by atoms with van der Waals surface area (Å²) in [5, 5.41) is 6.66. The van der Waals surface area contributed by atoms with Crippen LogP contribution >= 0.6 is 11.6 Å². The molecule has 0 aromatic carbocycles. The Morgan fingerprint density at radius 1 is 1.18 bits per heavy atom. The zero-order valence-corrected chi connectivity index (χ0v) is 16.4. The van der Waals surface area contributed by atoms with E-state index < -0.39 is 38.5 Å². The van der Waals surface area contributed by atoms with E-state index >= 15 is 0 Å². The summed E-state index contributed by atoms with van der Waals surface area (Å²) in [7, 11) is -1.14. The van der Waals surface area contributed by atoms with E-state index in [1.54, 1.807) is 7.05 Å². The highest BCUT2D eigenvalue weighted by atomic mass is 35.5. The molecule has 2 aromatic rings. The number of aryl methyl sites for hydroxylation is 2. The van der Waals surface area contributed by atoms with E-state index in [4.69, 9.17) is 11.6 Å².